The fourth-order valence-corrected chi connectivity index (χ4v) is 3.67. The van der Waals surface area contributed by atoms with E-state index in [1.165, 1.54) is 12.1 Å². The third-order valence-corrected chi connectivity index (χ3v) is 5.51. The van der Waals surface area contributed by atoms with Gasteiger partial charge in [0.25, 0.3) is 0 Å². The number of anilines is 1. The highest BCUT2D eigenvalue weighted by atomic mass is 19.1. The van der Waals surface area contributed by atoms with Gasteiger partial charge in [0.1, 0.15) is 5.82 Å². The molecule has 2 amide bonds. The summed E-state index contributed by atoms with van der Waals surface area (Å²) >= 11 is 0. The molecule has 1 aliphatic heterocycles. The molecule has 3 rings (SSSR count). The minimum Gasteiger partial charge on any atom is -0.353 e. The molecule has 0 spiro atoms. The second kappa shape index (κ2) is 10.3. The van der Waals surface area contributed by atoms with Gasteiger partial charge >= 0.3 is 0 Å². The Morgan fingerprint density at radius 2 is 1.77 bits per heavy atom. The Morgan fingerprint density at radius 1 is 1.03 bits per heavy atom. The van der Waals surface area contributed by atoms with Crippen molar-refractivity contribution < 1.29 is 14.0 Å². The van der Waals surface area contributed by atoms with Crippen LogP contribution >= 0.6 is 0 Å². The molecular weight excluding hydrogens is 397 g/mol. The number of rotatable bonds is 6. The zero-order valence-corrected chi connectivity index (χ0v) is 18.4. The quantitative estimate of drug-likeness (QED) is 0.709. The van der Waals surface area contributed by atoms with Gasteiger partial charge in [0.2, 0.25) is 11.8 Å². The van der Waals surface area contributed by atoms with Crippen LogP contribution in [0.4, 0.5) is 10.2 Å². The van der Waals surface area contributed by atoms with Gasteiger partial charge in [0, 0.05) is 44.2 Å². The Kier molecular flexibility index (Phi) is 7.55. The number of carbonyl (C=O) groups is 2. The maximum Gasteiger partial charge on any atom is 0.242 e. The zero-order chi connectivity index (χ0) is 22.4. The summed E-state index contributed by atoms with van der Waals surface area (Å²) in [7, 11) is 0. The second-order valence-electron chi connectivity index (χ2n) is 7.97. The van der Waals surface area contributed by atoms with Crippen molar-refractivity contribution in [3.63, 3.8) is 0 Å². The average molecular weight is 428 g/mol. The maximum atomic E-state index is 13.1. The predicted molar refractivity (Wildman–Crippen MR) is 118 cm³/mol. The van der Waals surface area contributed by atoms with Gasteiger partial charge in [0.15, 0.2) is 5.82 Å². The summed E-state index contributed by atoms with van der Waals surface area (Å²) in [5, 5.41) is 8.63. The van der Waals surface area contributed by atoms with E-state index in [0.29, 0.717) is 31.7 Å². The zero-order valence-electron chi connectivity index (χ0n) is 18.4. The maximum absolute atomic E-state index is 13.1. The summed E-state index contributed by atoms with van der Waals surface area (Å²) in [6.07, 6.45) is 1.21. The van der Waals surface area contributed by atoms with Crippen LogP contribution < -0.4 is 4.90 Å². The molecule has 1 aromatic heterocycles. The minimum absolute atomic E-state index is 0.00341. The number of nitrogens with zero attached hydrogens (tertiary/aromatic N) is 5. The van der Waals surface area contributed by atoms with Crippen molar-refractivity contribution in [3.8, 4) is 11.3 Å². The lowest BCUT2D eigenvalue weighted by Gasteiger charge is -2.29. The second-order valence-corrected chi connectivity index (χ2v) is 7.97. The van der Waals surface area contributed by atoms with Gasteiger partial charge in [-0.15, -0.1) is 10.2 Å². The van der Waals surface area contributed by atoms with Gasteiger partial charge in [-0.2, -0.15) is 0 Å². The molecule has 0 atom stereocenters. The summed E-state index contributed by atoms with van der Waals surface area (Å²) in [5.41, 5.74) is 1.49. The van der Waals surface area contributed by atoms with Crippen molar-refractivity contribution in [2.24, 2.45) is 0 Å². The number of halogens is 1. The monoisotopic (exact) mass is 427 g/mol. The SMILES string of the molecule is CCC(=O)N(CC(=O)N1CCCN(c2ccc(-c3ccc(F)cc3)nn2)CC1)C(C)C. The van der Waals surface area contributed by atoms with Crippen molar-refractivity contribution in [2.75, 3.05) is 37.6 Å². The van der Waals surface area contributed by atoms with Crippen molar-refractivity contribution in [2.45, 2.75) is 39.7 Å². The first kappa shape index (κ1) is 22.7. The van der Waals surface area contributed by atoms with Crippen molar-refractivity contribution in [3.05, 3.63) is 42.2 Å². The van der Waals surface area contributed by atoms with E-state index < -0.39 is 0 Å². The van der Waals surface area contributed by atoms with Crippen LogP contribution in [0.1, 0.15) is 33.6 Å². The van der Waals surface area contributed by atoms with E-state index in [0.717, 1.165) is 24.3 Å². The molecule has 7 nitrogen and oxygen atoms in total. The molecule has 0 bridgehead atoms. The lowest BCUT2D eigenvalue weighted by atomic mass is 10.1. The van der Waals surface area contributed by atoms with E-state index >= 15 is 0 Å². The number of carbonyl (C=O) groups excluding carboxylic acids is 2. The van der Waals surface area contributed by atoms with Crippen LogP contribution in [0.2, 0.25) is 0 Å². The van der Waals surface area contributed by atoms with Crippen LogP contribution in [0, 0.1) is 5.82 Å². The lowest BCUT2D eigenvalue weighted by molar-refractivity contribution is -0.141. The summed E-state index contributed by atoms with van der Waals surface area (Å²) in [5.74, 6) is 0.448. The molecule has 166 valence electrons. The molecule has 1 aromatic carbocycles. The third kappa shape index (κ3) is 5.77. The van der Waals surface area contributed by atoms with E-state index in [1.54, 1.807) is 17.0 Å². The Morgan fingerprint density at radius 3 is 2.39 bits per heavy atom. The molecule has 0 unspecified atom stereocenters. The van der Waals surface area contributed by atoms with Crippen molar-refractivity contribution >= 4 is 17.6 Å². The number of amides is 2. The molecule has 2 heterocycles. The molecule has 0 radical (unpaired) electrons. The van der Waals surface area contributed by atoms with E-state index in [9.17, 15) is 14.0 Å². The number of aromatic nitrogens is 2. The topological polar surface area (TPSA) is 69.6 Å². The largest absolute Gasteiger partial charge is 0.353 e. The van der Waals surface area contributed by atoms with E-state index in [2.05, 4.69) is 15.1 Å². The molecular formula is C23H30FN5O2. The lowest BCUT2D eigenvalue weighted by Crippen LogP contribution is -2.46. The molecule has 1 aliphatic rings. The summed E-state index contributed by atoms with van der Waals surface area (Å²) in [6, 6.07) is 9.94. The Balaban J connectivity index is 1.61. The van der Waals surface area contributed by atoms with Crippen LogP contribution in [0.3, 0.4) is 0 Å². The van der Waals surface area contributed by atoms with Crippen molar-refractivity contribution in [1.82, 2.24) is 20.0 Å². The van der Waals surface area contributed by atoms with E-state index in [1.807, 2.05) is 37.8 Å². The molecule has 0 aliphatic carbocycles. The molecule has 1 saturated heterocycles. The first-order valence-electron chi connectivity index (χ1n) is 10.8. The van der Waals surface area contributed by atoms with Gasteiger partial charge < -0.3 is 14.7 Å². The van der Waals surface area contributed by atoms with Crippen molar-refractivity contribution in [1.29, 1.82) is 0 Å². The molecule has 0 saturated carbocycles. The Labute approximate surface area is 182 Å². The van der Waals surface area contributed by atoms with Gasteiger partial charge in [-0.25, -0.2) is 4.39 Å². The summed E-state index contributed by atoms with van der Waals surface area (Å²) in [4.78, 5) is 30.5. The number of hydrogen-bond donors (Lipinski definition) is 0. The van der Waals surface area contributed by atoms with Gasteiger partial charge in [-0.3, -0.25) is 9.59 Å². The molecule has 1 fully saturated rings. The highest BCUT2D eigenvalue weighted by Gasteiger charge is 2.24. The Hall–Kier alpha value is -3.03. The number of hydrogen-bond acceptors (Lipinski definition) is 5. The molecule has 0 N–H and O–H groups in total. The third-order valence-electron chi connectivity index (χ3n) is 5.51. The van der Waals surface area contributed by atoms with Crippen LogP contribution in [-0.2, 0) is 9.59 Å². The van der Waals surface area contributed by atoms with Crippen LogP contribution in [0.5, 0.6) is 0 Å². The predicted octanol–water partition coefficient (Wildman–Crippen LogP) is 2.97. The van der Waals surface area contributed by atoms with Crippen LogP contribution in [-0.4, -0.2) is 70.6 Å². The van der Waals surface area contributed by atoms with Gasteiger partial charge in [-0.05, 0) is 56.7 Å². The van der Waals surface area contributed by atoms with Crippen LogP contribution in [0.15, 0.2) is 36.4 Å². The normalized spacial score (nSPS) is 14.5. The van der Waals surface area contributed by atoms with E-state index in [4.69, 9.17) is 0 Å². The summed E-state index contributed by atoms with van der Waals surface area (Å²) in [6.45, 7) is 8.45. The molecule has 31 heavy (non-hydrogen) atoms. The van der Waals surface area contributed by atoms with E-state index in [-0.39, 0.29) is 30.2 Å². The summed E-state index contributed by atoms with van der Waals surface area (Å²) < 4.78 is 13.1. The standard InChI is InChI=1S/C23H30FN5O2/c1-4-22(30)29(17(2)3)16-23(31)28-13-5-12-27(14-15-28)21-11-10-20(25-26-21)18-6-8-19(24)9-7-18/h6-11,17H,4-5,12-16H2,1-3H3. The smallest absolute Gasteiger partial charge is 0.242 e. The van der Waals surface area contributed by atoms with Gasteiger partial charge in [0.05, 0.1) is 12.2 Å². The fourth-order valence-electron chi connectivity index (χ4n) is 3.67. The first-order chi connectivity index (χ1) is 14.9. The Bertz CT molecular complexity index is 886. The molecule has 2 aromatic rings. The van der Waals surface area contributed by atoms with Gasteiger partial charge in [-0.1, -0.05) is 6.92 Å². The first-order valence-corrected chi connectivity index (χ1v) is 10.8. The highest BCUT2D eigenvalue weighted by molar-refractivity contribution is 5.85. The highest BCUT2D eigenvalue weighted by Crippen LogP contribution is 2.20. The minimum atomic E-state index is -0.285. The average Bonchev–Trinajstić information content (AvgIpc) is 3.04. The number of benzene rings is 1. The van der Waals surface area contributed by atoms with Crippen LogP contribution in [0.25, 0.3) is 11.3 Å². The molecule has 8 heteroatoms. The fraction of sp³-hybridized carbons (Fsp3) is 0.478.